The molecule has 1 aliphatic rings. The van der Waals surface area contributed by atoms with Crippen LogP contribution < -0.4 is 5.32 Å². The Bertz CT molecular complexity index is 70.1. The number of thioether (sulfide) groups is 4. The van der Waals surface area contributed by atoms with E-state index in [0.717, 1.165) is 5.88 Å². The van der Waals surface area contributed by atoms with Crippen molar-refractivity contribution in [1.82, 2.24) is 5.32 Å². The minimum Gasteiger partial charge on any atom is -0.307 e. The highest BCUT2D eigenvalue weighted by atomic mass is 32.2. The summed E-state index contributed by atoms with van der Waals surface area (Å²) in [6.07, 6.45) is 0. The zero-order valence-corrected chi connectivity index (χ0v) is 11.8. The first-order valence-electron chi connectivity index (χ1n) is 5.02. The molecule has 0 aliphatic carbocycles. The predicted molar refractivity (Wildman–Crippen MR) is 77.3 cm³/mol. The van der Waals surface area contributed by atoms with E-state index < -0.39 is 0 Å². The SMILES string of the molecule is C1CSCCSCCSCCSCN1. The van der Waals surface area contributed by atoms with Gasteiger partial charge in [0, 0.05) is 52.7 Å². The lowest BCUT2D eigenvalue weighted by atomic mass is 10.8. The van der Waals surface area contributed by atoms with Crippen molar-refractivity contribution in [2.75, 3.05) is 52.7 Å². The molecule has 0 bridgehead atoms. The second-order valence-corrected chi connectivity index (χ2v) is 7.67. The van der Waals surface area contributed by atoms with Gasteiger partial charge in [-0.1, -0.05) is 0 Å². The summed E-state index contributed by atoms with van der Waals surface area (Å²) in [6, 6.07) is 0. The summed E-state index contributed by atoms with van der Waals surface area (Å²) in [5.41, 5.74) is 0. The molecule has 0 spiro atoms. The van der Waals surface area contributed by atoms with Crippen LogP contribution >= 0.6 is 47.0 Å². The maximum atomic E-state index is 3.47. The largest absolute Gasteiger partial charge is 0.307 e. The van der Waals surface area contributed by atoms with Crippen LogP contribution in [0.1, 0.15) is 0 Å². The zero-order chi connectivity index (χ0) is 9.90. The van der Waals surface area contributed by atoms with Crippen LogP contribution in [0.4, 0.5) is 0 Å². The molecule has 1 heterocycles. The molecule has 1 rings (SSSR count). The molecule has 0 radical (unpaired) electrons. The van der Waals surface area contributed by atoms with Crippen molar-refractivity contribution >= 4 is 47.0 Å². The van der Waals surface area contributed by atoms with Gasteiger partial charge in [-0.15, -0.1) is 11.8 Å². The van der Waals surface area contributed by atoms with E-state index in [9.17, 15) is 0 Å². The van der Waals surface area contributed by atoms with Gasteiger partial charge in [0.15, 0.2) is 0 Å². The third kappa shape index (κ3) is 8.65. The molecule has 0 amide bonds. The van der Waals surface area contributed by atoms with Crippen LogP contribution in [0.3, 0.4) is 0 Å². The fourth-order valence-corrected chi connectivity index (χ4v) is 5.18. The molecule has 0 aromatic rings. The Hall–Kier alpha value is 1.36. The van der Waals surface area contributed by atoms with E-state index in [-0.39, 0.29) is 0 Å². The normalized spacial score (nSPS) is 24.0. The molecule has 1 fully saturated rings. The van der Waals surface area contributed by atoms with Gasteiger partial charge in [-0.05, 0) is 0 Å². The van der Waals surface area contributed by atoms with E-state index in [2.05, 4.69) is 40.6 Å². The van der Waals surface area contributed by atoms with Crippen LogP contribution in [0.5, 0.6) is 0 Å². The summed E-state index contributed by atoms with van der Waals surface area (Å²) in [5, 5.41) is 3.47. The van der Waals surface area contributed by atoms with Crippen LogP contribution in [0, 0.1) is 0 Å². The molecule has 1 aliphatic heterocycles. The second kappa shape index (κ2) is 10.9. The van der Waals surface area contributed by atoms with Crippen LogP contribution in [0.15, 0.2) is 0 Å². The number of nitrogens with one attached hydrogen (secondary N) is 1. The summed E-state index contributed by atoms with van der Waals surface area (Å²) < 4.78 is 0. The highest BCUT2D eigenvalue weighted by Crippen LogP contribution is 2.12. The zero-order valence-electron chi connectivity index (χ0n) is 8.50. The molecule has 1 saturated heterocycles. The van der Waals surface area contributed by atoms with Crippen LogP contribution in [-0.2, 0) is 0 Å². The number of hydrogen-bond acceptors (Lipinski definition) is 5. The molecule has 14 heavy (non-hydrogen) atoms. The van der Waals surface area contributed by atoms with Gasteiger partial charge in [0.1, 0.15) is 0 Å². The van der Waals surface area contributed by atoms with Crippen molar-refractivity contribution in [2.45, 2.75) is 0 Å². The molecule has 0 aromatic carbocycles. The Kier molecular flexibility index (Phi) is 10.4. The summed E-state index contributed by atoms with van der Waals surface area (Å²) in [5.74, 6) is 10.4. The van der Waals surface area contributed by atoms with Crippen molar-refractivity contribution < 1.29 is 0 Å². The average molecular weight is 270 g/mol. The van der Waals surface area contributed by atoms with Gasteiger partial charge in [-0.3, -0.25) is 0 Å². The Labute approximate surface area is 105 Å². The summed E-state index contributed by atoms with van der Waals surface area (Å²) in [4.78, 5) is 0. The molecule has 1 N–H and O–H groups in total. The van der Waals surface area contributed by atoms with Gasteiger partial charge in [0.2, 0.25) is 0 Å². The van der Waals surface area contributed by atoms with E-state index >= 15 is 0 Å². The van der Waals surface area contributed by atoms with Crippen LogP contribution in [-0.4, -0.2) is 52.7 Å². The predicted octanol–water partition coefficient (Wildman–Crippen LogP) is 2.48. The van der Waals surface area contributed by atoms with Crippen LogP contribution in [0.25, 0.3) is 0 Å². The monoisotopic (exact) mass is 269 g/mol. The number of hydrogen-bond donors (Lipinski definition) is 1. The molecular weight excluding hydrogens is 250 g/mol. The van der Waals surface area contributed by atoms with E-state index in [1.165, 1.54) is 46.8 Å². The molecule has 5 heteroatoms. The minimum absolute atomic E-state index is 1.13. The quantitative estimate of drug-likeness (QED) is 0.723. The lowest BCUT2D eigenvalue weighted by molar-refractivity contribution is 0.848. The lowest BCUT2D eigenvalue weighted by Gasteiger charge is -2.07. The van der Waals surface area contributed by atoms with Gasteiger partial charge in [0.25, 0.3) is 0 Å². The van der Waals surface area contributed by atoms with E-state index in [0.29, 0.717) is 0 Å². The third-order valence-corrected chi connectivity index (χ3v) is 6.38. The third-order valence-electron chi connectivity index (χ3n) is 1.74. The second-order valence-electron chi connectivity index (χ2n) is 2.89. The topological polar surface area (TPSA) is 12.0 Å². The molecular formula is C9H19NS4. The Morgan fingerprint density at radius 2 is 1.07 bits per heavy atom. The molecule has 0 saturated carbocycles. The first-order chi connectivity index (χ1) is 7.00. The Morgan fingerprint density at radius 3 is 1.71 bits per heavy atom. The summed E-state index contributed by atoms with van der Waals surface area (Å²) in [7, 11) is 0. The van der Waals surface area contributed by atoms with E-state index in [1.54, 1.807) is 0 Å². The molecule has 1 nitrogen and oxygen atoms in total. The van der Waals surface area contributed by atoms with Gasteiger partial charge in [-0.2, -0.15) is 35.3 Å². The molecule has 0 atom stereocenters. The van der Waals surface area contributed by atoms with Gasteiger partial charge in [-0.25, -0.2) is 0 Å². The van der Waals surface area contributed by atoms with E-state index in [1.807, 2.05) is 11.8 Å². The van der Waals surface area contributed by atoms with Crippen molar-refractivity contribution in [1.29, 1.82) is 0 Å². The van der Waals surface area contributed by atoms with Gasteiger partial charge < -0.3 is 5.32 Å². The molecule has 84 valence electrons. The smallest absolute Gasteiger partial charge is 0.0418 e. The fourth-order valence-electron chi connectivity index (χ4n) is 1.02. The van der Waals surface area contributed by atoms with Crippen molar-refractivity contribution in [3.63, 3.8) is 0 Å². The first kappa shape index (κ1) is 13.4. The average Bonchev–Trinajstić information content (AvgIpc) is 2.22. The highest BCUT2D eigenvalue weighted by molar-refractivity contribution is 8.05. The standard InChI is InChI=1S/C9H19NS4/c1-2-11-3-4-12-5-6-13-7-8-14-9-10-1/h10H,1-9H2. The van der Waals surface area contributed by atoms with Crippen molar-refractivity contribution in [3.8, 4) is 0 Å². The maximum Gasteiger partial charge on any atom is 0.0418 e. The highest BCUT2D eigenvalue weighted by Gasteiger charge is 1.95. The molecule has 0 aromatic heterocycles. The Balaban J connectivity index is 2.00. The maximum absolute atomic E-state index is 3.47. The summed E-state index contributed by atoms with van der Waals surface area (Å²) in [6.45, 7) is 1.18. The van der Waals surface area contributed by atoms with E-state index in [4.69, 9.17) is 0 Å². The molecule has 0 unspecified atom stereocenters. The minimum atomic E-state index is 1.13. The Morgan fingerprint density at radius 1 is 0.571 bits per heavy atom. The van der Waals surface area contributed by atoms with Crippen LogP contribution in [0.2, 0.25) is 0 Å². The lowest BCUT2D eigenvalue weighted by Crippen LogP contribution is -2.17. The summed E-state index contributed by atoms with van der Waals surface area (Å²) >= 11 is 8.33. The van der Waals surface area contributed by atoms with Gasteiger partial charge >= 0.3 is 0 Å². The van der Waals surface area contributed by atoms with Crippen molar-refractivity contribution in [2.24, 2.45) is 0 Å². The number of rotatable bonds is 0. The van der Waals surface area contributed by atoms with Crippen molar-refractivity contribution in [3.05, 3.63) is 0 Å². The first-order valence-corrected chi connectivity index (χ1v) is 9.64. The fraction of sp³-hybridized carbons (Fsp3) is 1.00. The van der Waals surface area contributed by atoms with Gasteiger partial charge in [0.05, 0.1) is 0 Å².